The lowest BCUT2D eigenvalue weighted by atomic mass is 9.88. The van der Waals surface area contributed by atoms with Gasteiger partial charge in [-0.2, -0.15) is 0 Å². The van der Waals surface area contributed by atoms with E-state index in [1.807, 2.05) is 6.07 Å². The summed E-state index contributed by atoms with van der Waals surface area (Å²) >= 11 is 1.76. The fraction of sp³-hybridized carbons (Fsp3) is 0.538. The predicted octanol–water partition coefficient (Wildman–Crippen LogP) is 3.05. The van der Waals surface area contributed by atoms with E-state index in [0.29, 0.717) is 6.04 Å². The Labute approximate surface area is 112 Å². The summed E-state index contributed by atoms with van der Waals surface area (Å²) in [7, 11) is 0. The minimum atomic E-state index is -0.309. The summed E-state index contributed by atoms with van der Waals surface area (Å²) in [6.07, 6.45) is 5.17. The third-order valence-corrected chi connectivity index (χ3v) is 4.58. The molecule has 1 aromatic carbocycles. The first-order valence-corrected chi connectivity index (χ1v) is 7.40. The molecular weight excluding hydrogens is 248 g/mol. The van der Waals surface area contributed by atoms with Crippen molar-refractivity contribution < 1.29 is 4.92 Å². The number of fused-ring (bicyclic) bond motifs is 1. The molecule has 18 heavy (non-hydrogen) atoms. The van der Waals surface area contributed by atoms with Crippen LogP contribution in [0.4, 0.5) is 5.69 Å². The van der Waals surface area contributed by atoms with Crippen LogP contribution in [0.1, 0.15) is 24.5 Å². The van der Waals surface area contributed by atoms with Crippen molar-refractivity contribution in [3.63, 3.8) is 0 Å². The van der Waals surface area contributed by atoms with E-state index in [1.54, 1.807) is 24.1 Å². The van der Waals surface area contributed by atoms with Crippen LogP contribution in [0.2, 0.25) is 0 Å². The Morgan fingerprint density at radius 3 is 2.89 bits per heavy atom. The van der Waals surface area contributed by atoms with Gasteiger partial charge in [-0.1, -0.05) is 24.9 Å². The second-order valence-corrected chi connectivity index (χ2v) is 5.36. The van der Waals surface area contributed by atoms with Crippen LogP contribution in [-0.2, 0) is 12.8 Å². The van der Waals surface area contributed by atoms with Crippen molar-refractivity contribution in [3.05, 3.63) is 39.4 Å². The Balaban J connectivity index is 2.21. The molecule has 98 valence electrons. The maximum atomic E-state index is 10.8. The summed E-state index contributed by atoms with van der Waals surface area (Å²) in [4.78, 5) is 10.5. The quantitative estimate of drug-likeness (QED) is 0.477. The Morgan fingerprint density at radius 2 is 2.28 bits per heavy atom. The van der Waals surface area contributed by atoms with Gasteiger partial charge in [0.2, 0.25) is 0 Å². The van der Waals surface area contributed by atoms with Crippen molar-refractivity contribution in [2.75, 3.05) is 12.8 Å². The molecular formula is C13H18N2O2S. The molecule has 0 heterocycles. The third-order valence-electron chi connectivity index (χ3n) is 3.56. The maximum Gasteiger partial charge on any atom is 0.269 e. The van der Waals surface area contributed by atoms with E-state index in [1.165, 1.54) is 5.56 Å². The highest BCUT2D eigenvalue weighted by molar-refractivity contribution is 7.96. The number of nitro groups is 1. The standard InChI is InChI=1S/C13H18N2O2S/c1-3-14(18-2)12-6-4-10-5-7-13(15(16)17)9-11(10)8-12/h5,7,9,12H,3-4,6,8H2,1-2H3. The van der Waals surface area contributed by atoms with E-state index >= 15 is 0 Å². The molecule has 1 atom stereocenters. The smallest absolute Gasteiger partial charge is 0.258 e. The Bertz CT molecular complexity index is 447. The number of hydrogen-bond donors (Lipinski definition) is 0. The van der Waals surface area contributed by atoms with Crippen molar-refractivity contribution in [2.45, 2.75) is 32.2 Å². The molecule has 1 aliphatic carbocycles. The minimum absolute atomic E-state index is 0.210. The SMILES string of the molecule is CCN(SC)C1CCc2ccc([N+](=O)[O-])cc2C1. The first-order chi connectivity index (χ1) is 8.65. The van der Waals surface area contributed by atoms with Crippen LogP contribution in [0, 0.1) is 10.1 Å². The molecule has 0 saturated heterocycles. The lowest BCUT2D eigenvalue weighted by Crippen LogP contribution is -2.34. The highest BCUT2D eigenvalue weighted by atomic mass is 32.2. The molecule has 0 fully saturated rings. The van der Waals surface area contributed by atoms with Crippen LogP contribution >= 0.6 is 11.9 Å². The van der Waals surface area contributed by atoms with Crippen LogP contribution in [0.25, 0.3) is 0 Å². The number of rotatable bonds is 4. The average molecular weight is 266 g/mol. The van der Waals surface area contributed by atoms with Gasteiger partial charge in [-0.3, -0.25) is 10.1 Å². The molecule has 0 bridgehead atoms. The normalized spacial score (nSPS) is 18.7. The first-order valence-electron chi connectivity index (χ1n) is 6.22. The van der Waals surface area contributed by atoms with E-state index < -0.39 is 0 Å². The van der Waals surface area contributed by atoms with Crippen LogP contribution in [-0.4, -0.2) is 28.1 Å². The van der Waals surface area contributed by atoms with Crippen molar-refractivity contribution in [3.8, 4) is 0 Å². The number of non-ortho nitro benzene ring substituents is 1. The highest BCUT2D eigenvalue weighted by Crippen LogP contribution is 2.29. The molecule has 2 rings (SSSR count). The minimum Gasteiger partial charge on any atom is -0.258 e. The number of benzene rings is 1. The molecule has 1 aliphatic rings. The number of hydrogen-bond acceptors (Lipinski definition) is 4. The second kappa shape index (κ2) is 5.71. The topological polar surface area (TPSA) is 46.4 Å². The van der Waals surface area contributed by atoms with Gasteiger partial charge in [0, 0.05) is 24.7 Å². The summed E-state index contributed by atoms with van der Waals surface area (Å²) in [5, 5.41) is 10.8. The Hall–Kier alpha value is -1.07. The molecule has 1 unspecified atom stereocenters. The van der Waals surface area contributed by atoms with Crippen molar-refractivity contribution in [1.29, 1.82) is 0 Å². The van der Waals surface area contributed by atoms with Gasteiger partial charge in [-0.05, 0) is 36.6 Å². The molecule has 0 aliphatic heterocycles. The monoisotopic (exact) mass is 266 g/mol. The molecule has 0 radical (unpaired) electrons. The van der Waals surface area contributed by atoms with Gasteiger partial charge in [-0.15, -0.1) is 0 Å². The molecule has 5 heteroatoms. The molecule has 0 aromatic heterocycles. The number of nitrogens with zero attached hydrogens (tertiary/aromatic N) is 2. The van der Waals surface area contributed by atoms with Gasteiger partial charge in [-0.25, -0.2) is 4.31 Å². The maximum absolute atomic E-state index is 10.8. The number of likely N-dealkylation sites (N-methyl/N-ethyl adjacent to an activating group) is 1. The summed E-state index contributed by atoms with van der Waals surface area (Å²) in [6, 6.07) is 5.78. The Kier molecular flexibility index (Phi) is 4.24. The summed E-state index contributed by atoms with van der Waals surface area (Å²) in [5.74, 6) is 0. The van der Waals surface area contributed by atoms with Crippen LogP contribution < -0.4 is 0 Å². The van der Waals surface area contributed by atoms with Crippen LogP contribution in [0.15, 0.2) is 18.2 Å². The first kappa shape index (κ1) is 13.4. The van der Waals surface area contributed by atoms with Gasteiger partial charge >= 0.3 is 0 Å². The molecule has 1 aromatic rings. The Morgan fingerprint density at radius 1 is 1.50 bits per heavy atom. The zero-order valence-corrected chi connectivity index (χ0v) is 11.6. The van der Waals surface area contributed by atoms with E-state index in [-0.39, 0.29) is 10.6 Å². The zero-order chi connectivity index (χ0) is 13.1. The molecule has 0 saturated carbocycles. The number of aryl methyl sites for hydroxylation is 1. The highest BCUT2D eigenvalue weighted by Gasteiger charge is 2.24. The molecule has 0 N–H and O–H groups in total. The van der Waals surface area contributed by atoms with E-state index in [2.05, 4.69) is 17.5 Å². The fourth-order valence-corrected chi connectivity index (χ4v) is 3.36. The van der Waals surface area contributed by atoms with Gasteiger partial charge in [0.1, 0.15) is 0 Å². The molecule has 4 nitrogen and oxygen atoms in total. The van der Waals surface area contributed by atoms with Crippen molar-refractivity contribution in [1.82, 2.24) is 4.31 Å². The zero-order valence-electron chi connectivity index (χ0n) is 10.8. The van der Waals surface area contributed by atoms with Gasteiger partial charge in [0.25, 0.3) is 5.69 Å². The van der Waals surface area contributed by atoms with E-state index in [0.717, 1.165) is 31.4 Å². The lowest BCUT2D eigenvalue weighted by molar-refractivity contribution is -0.384. The lowest BCUT2D eigenvalue weighted by Gasteiger charge is -2.32. The van der Waals surface area contributed by atoms with Gasteiger partial charge in [0.05, 0.1) is 4.92 Å². The molecule has 0 amide bonds. The fourth-order valence-electron chi connectivity index (χ4n) is 2.62. The largest absolute Gasteiger partial charge is 0.269 e. The summed E-state index contributed by atoms with van der Waals surface area (Å²) in [6.45, 7) is 3.16. The van der Waals surface area contributed by atoms with Crippen molar-refractivity contribution >= 4 is 17.6 Å². The van der Waals surface area contributed by atoms with E-state index in [4.69, 9.17) is 0 Å². The molecule has 0 spiro atoms. The predicted molar refractivity (Wildman–Crippen MR) is 74.8 cm³/mol. The van der Waals surface area contributed by atoms with Crippen molar-refractivity contribution in [2.24, 2.45) is 0 Å². The summed E-state index contributed by atoms with van der Waals surface area (Å²) < 4.78 is 2.36. The van der Waals surface area contributed by atoms with Crippen LogP contribution in [0.3, 0.4) is 0 Å². The average Bonchev–Trinajstić information content (AvgIpc) is 2.39. The summed E-state index contributed by atoms with van der Waals surface area (Å²) in [5.41, 5.74) is 2.63. The second-order valence-electron chi connectivity index (χ2n) is 4.52. The third kappa shape index (κ3) is 2.67. The van der Waals surface area contributed by atoms with Gasteiger partial charge in [0.15, 0.2) is 0 Å². The number of nitro benzene ring substituents is 1. The van der Waals surface area contributed by atoms with E-state index in [9.17, 15) is 10.1 Å². The van der Waals surface area contributed by atoms with Crippen LogP contribution in [0.5, 0.6) is 0 Å². The van der Waals surface area contributed by atoms with Gasteiger partial charge < -0.3 is 0 Å².